The van der Waals surface area contributed by atoms with Crippen LogP contribution in [0, 0.1) is 0 Å². The molecular weight excluding hydrogens is 294 g/mol. The first-order valence-electron chi connectivity index (χ1n) is 7.02. The number of benzene rings is 2. The number of hydrogen-bond donors (Lipinski definition) is 1. The van der Waals surface area contributed by atoms with Crippen LogP contribution in [-0.2, 0) is 0 Å². The van der Waals surface area contributed by atoms with Crippen molar-refractivity contribution in [2.24, 2.45) is 0 Å². The van der Waals surface area contributed by atoms with Crippen molar-refractivity contribution in [2.75, 3.05) is 26.6 Å². The van der Waals surface area contributed by atoms with E-state index in [4.69, 9.17) is 14.2 Å². The number of ketones is 1. The second-order valence-corrected chi connectivity index (χ2v) is 4.62. The maximum absolute atomic E-state index is 12.3. The summed E-state index contributed by atoms with van der Waals surface area (Å²) < 4.78 is 15.7. The Morgan fingerprint density at radius 2 is 1.57 bits per heavy atom. The van der Waals surface area contributed by atoms with E-state index < -0.39 is 0 Å². The van der Waals surface area contributed by atoms with Gasteiger partial charge in [-0.3, -0.25) is 4.79 Å². The fraction of sp³-hybridized carbons (Fsp3) is 0.167. The summed E-state index contributed by atoms with van der Waals surface area (Å²) in [4.78, 5) is 12.3. The standard InChI is InChI=1S/C18H19NO4/c1-21-16-11-13(12-17(22-2)18(16)23-3)15(20)9-10-19-14-7-5-4-6-8-14/h4-12,19H,1-3H3/b10-9+. The zero-order chi connectivity index (χ0) is 16.7. The molecule has 0 aromatic heterocycles. The van der Waals surface area contributed by atoms with Crippen molar-refractivity contribution in [2.45, 2.75) is 0 Å². The van der Waals surface area contributed by atoms with Gasteiger partial charge in [-0.05, 0) is 24.3 Å². The molecule has 0 fully saturated rings. The lowest BCUT2D eigenvalue weighted by Crippen LogP contribution is -2.01. The predicted octanol–water partition coefficient (Wildman–Crippen LogP) is 3.52. The van der Waals surface area contributed by atoms with Gasteiger partial charge in [0.2, 0.25) is 5.75 Å². The molecule has 0 aliphatic rings. The zero-order valence-corrected chi connectivity index (χ0v) is 13.3. The van der Waals surface area contributed by atoms with Crippen molar-refractivity contribution in [1.82, 2.24) is 0 Å². The molecule has 120 valence electrons. The highest BCUT2D eigenvalue weighted by molar-refractivity contribution is 6.05. The minimum atomic E-state index is -0.173. The van der Waals surface area contributed by atoms with Gasteiger partial charge >= 0.3 is 0 Å². The average molecular weight is 313 g/mol. The molecular formula is C18H19NO4. The molecule has 0 atom stereocenters. The van der Waals surface area contributed by atoms with Gasteiger partial charge in [0, 0.05) is 23.5 Å². The second-order valence-electron chi connectivity index (χ2n) is 4.62. The van der Waals surface area contributed by atoms with E-state index in [0.717, 1.165) is 5.69 Å². The Morgan fingerprint density at radius 1 is 0.957 bits per heavy atom. The topological polar surface area (TPSA) is 56.8 Å². The molecule has 5 heteroatoms. The number of para-hydroxylation sites is 1. The van der Waals surface area contributed by atoms with Gasteiger partial charge in [-0.25, -0.2) is 0 Å². The molecule has 0 aliphatic heterocycles. The quantitative estimate of drug-likeness (QED) is 0.626. The van der Waals surface area contributed by atoms with Crippen molar-refractivity contribution in [1.29, 1.82) is 0 Å². The third kappa shape index (κ3) is 4.03. The molecule has 5 nitrogen and oxygen atoms in total. The minimum Gasteiger partial charge on any atom is -0.493 e. The first-order chi connectivity index (χ1) is 11.2. The first-order valence-corrected chi connectivity index (χ1v) is 7.02. The number of methoxy groups -OCH3 is 3. The van der Waals surface area contributed by atoms with E-state index in [1.165, 1.54) is 27.4 Å². The van der Waals surface area contributed by atoms with Crippen molar-refractivity contribution in [3.8, 4) is 17.2 Å². The Bertz CT molecular complexity index is 670. The molecule has 2 aromatic rings. The predicted molar refractivity (Wildman–Crippen MR) is 89.6 cm³/mol. The van der Waals surface area contributed by atoms with Crippen LogP contribution < -0.4 is 19.5 Å². The SMILES string of the molecule is COc1cc(C(=O)/C=C/Nc2ccccc2)cc(OC)c1OC. The number of hydrogen-bond acceptors (Lipinski definition) is 5. The number of nitrogens with one attached hydrogen (secondary N) is 1. The van der Waals surface area contributed by atoms with Gasteiger partial charge in [0.25, 0.3) is 0 Å². The molecule has 1 N–H and O–H groups in total. The Balaban J connectivity index is 2.18. The van der Waals surface area contributed by atoms with Crippen LogP contribution in [0.3, 0.4) is 0 Å². The van der Waals surface area contributed by atoms with E-state index in [1.807, 2.05) is 30.3 Å². The third-order valence-electron chi connectivity index (χ3n) is 3.21. The molecule has 0 unspecified atom stereocenters. The van der Waals surface area contributed by atoms with E-state index in [-0.39, 0.29) is 5.78 Å². The first kappa shape index (κ1) is 16.4. The van der Waals surface area contributed by atoms with Gasteiger partial charge < -0.3 is 19.5 Å². The highest BCUT2D eigenvalue weighted by Crippen LogP contribution is 2.38. The normalized spacial score (nSPS) is 10.4. The lowest BCUT2D eigenvalue weighted by atomic mass is 10.1. The van der Waals surface area contributed by atoms with E-state index in [0.29, 0.717) is 22.8 Å². The molecule has 0 amide bonds. The molecule has 0 saturated carbocycles. The third-order valence-corrected chi connectivity index (χ3v) is 3.21. The molecule has 0 saturated heterocycles. The number of ether oxygens (including phenoxy) is 3. The summed E-state index contributed by atoms with van der Waals surface area (Å²) in [5.41, 5.74) is 1.35. The summed E-state index contributed by atoms with van der Waals surface area (Å²) in [5, 5.41) is 3.04. The Labute approximate surface area is 135 Å². The number of anilines is 1. The summed E-state index contributed by atoms with van der Waals surface area (Å²) in [6.45, 7) is 0. The van der Waals surface area contributed by atoms with Crippen LogP contribution in [0.25, 0.3) is 0 Å². The number of carbonyl (C=O) groups is 1. The largest absolute Gasteiger partial charge is 0.493 e. The van der Waals surface area contributed by atoms with Gasteiger partial charge in [-0.1, -0.05) is 18.2 Å². The number of rotatable bonds is 7. The summed E-state index contributed by atoms with van der Waals surface area (Å²) in [6.07, 6.45) is 3.05. The van der Waals surface area contributed by atoms with Crippen LogP contribution in [0.15, 0.2) is 54.7 Å². The van der Waals surface area contributed by atoms with Gasteiger partial charge in [0.1, 0.15) is 0 Å². The molecule has 0 heterocycles. The van der Waals surface area contributed by atoms with Gasteiger partial charge in [0.05, 0.1) is 21.3 Å². The van der Waals surface area contributed by atoms with Crippen molar-refractivity contribution < 1.29 is 19.0 Å². The lowest BCUT2D eigenvalue weighted by molar-refractivity contribution is 0.104. The average Bonchev–Trinajstić information content (AvgIpc) is 2.61. The Morgan fingerprint density at radius 3 is 2.09 bits per heavy atom. The van der Waals surface area contributed by atoms with E-state index in [1.54, 1.807) is 18.3 Å². The Kier molecular flexibility index (Phi) is 5.63. The number of carbonyl (C=O) groups excluding carboxylic acids is 1. The monoisotopic (exact) mass is 313 g/mol. The summed E-state index contributed by atoms with van der Waals surface area (Å²) >= 11 is 0. The van der Waals surface area contributed by atoms with Crippen LogP contribution >= 0.6 is 0 Å². The van der Waals surface area contributed by atoms with Crippen LogP contribution in [0.1, 0.15) is 10.4 Å². The summed E-state index contributed by atoms with van der Waals surface area (Å²) in [7, 11) is 4.54. The summed E-state index contributed by atoms with van der Waals surface area (Å²) in [6, 6.07) is 12.8. The van der Waals surface area contributed by atoms with Gasteiger partial charge in [-0.15, -0.1) is 0 Å². The maximum Gasteiger partial charge on any atom is 0.203 e. The summed E-state index contributed by atoms with van der Waals surface area (Å²) in [5.74, 6) is 1.17. The Hall–Kier alpha value is -2.95. The fourth-order valence-electron chi connectivity index (χ4n) is 2.07. The van der Waals surface area contributed by atoms with Gasteiger partial charge in [0.15, 0.2) is 17.3 Å². The molecule has 0 spiro atoms. The molecule has 0 bridgehead atoms. The smallest absolute Gasteiger partial charge is 0.203 e. The van der Waals surface area contributed by atoms with Crippen molar-refractivity contribution in [3.63, 3.8) is 0 Å². The maximum atomic E-state index is 12.3. The molecule has 23 heavy (non-hydrogen) atoms. The number of allylic oxidation sites excluding steroid dienone is 1. The van der Waals surface area contributed by atoms with Crippen LogP contribution in [0.5, 0.6) is 17.2 Å². The molecule has 2 aromatic carbocycles. The lowest BCUT2D eigenvalue weighted by Gasteiger charge is -2.13. The van der Waals surface area contributed by atoms with Crippen molar-refractivity contribution >= 4 is 11.5 Å². The van der Waals surface area contributed by atoms with Gasteiger partial charge in [-0.2, -0.15) is 0 Å². The van der Waals surface area contributed by atoms with E-state index in [9.17, 15) is 4.79 Å². The van der Waals surface area contributed by atoms with Crippen LogP contribution in [-0.4, -0.2) is 27.1 Å². The second kappa shape index (κ2) is 7.89. The molecule has 0 radical (unpaired) electrons. The fourth-order valence-corrected chi connectivity index (χ4v) is 2.07. The van der Waals surface area contributed by atoms with Crippen LogP contribution in [0.2, 0.25) is 0 Å². The van der Waals surface area contributed by atoms with Crippen LogP contribution in [0.4, 0.5) is 5.69 Å². The van der Waals surface area contributed by atoms with Crippen molar-refractivity contribution in [3.05, 3.63) is 60.3 Å². The highest BCUT2D eigenvalue weighted by atomic mass is 16.5. The van der Waals surface area contributed by atoms with E-state index >= 15 is 0 Å². The molecule has 2 rings (SSSR count). The minimum absolute atomic E-state index is 0.173. The molecule has 0 aliphatic carbocycles. The van der Waals surface area contributed by atoms with E-state index in [2.05, 4.69) is 5.32 Å². The zero-order valence-electron chi connectivity index (χ0n) is 13.3. The highest BCUT2D eigenvalue weighted by Gasteiger charge is 2.15.